The van der Waals surface area contributed by atoms with Crippen LogP contribution in [0.15, 0.2) is 24.3 Å². The van der Waals surface area contributed by atoms with Crippen molar-refractivity contribution in [3.63, 3.8) is 0 Å². The number of anilines is 1. The van der Waals surface area contributed by atoms with Crippen molar-refractivity contribution in [3.8, 4) is 0 Å². The molecule has 1 aliphatic heterocycles. The number of rotatable bonds is 7. The molecule has 0 bridgehead atoms. The predicted octanol–water partition coefficient (Wildman–Crippen LogP) is 4.25. The summed E-state index contributed by atoms with van der Waals surface area (Å²) in [6.45, 7) is 11.5. The number of para-hydroxylation sites is 1. The van der Waals surface area contributed by atoms with Gasteiger partial charge in [0.1, 0.15) is 0 Å². The number of aryl methyl sites for hydroxylation is 1. The molecule has 1 heterocycles. The van der Waals surface area contributed by atoms with Crippen molar-refractivity contribution < 1.29 is 0 Å². The van der Waals surface area contributed by atoms with Crippen LogP contribution in [-0.4, -0.2) is 26.2 Å². The van der Waals surface area contributed by atoms with E-state index < -0.39 is 0 Å². The molecule has 0 saturated carbocycles. The SMILES string of the molecule is CCNCC(CC)(CC)CN1CCCCc2ccccc21. The number of nitrogens with one attached hydrogen (secondary N) is 1. The molecule has 1 N–H and O–H groups in total. The lowest BCUT2D eigenvalue weighted by atomic mass is 9.81. The Morgan fingerprint density at radius 2 is 1.86 bits per heavy atom. The van der Waals surface area contributed by atoms with E-state index in [1.165, 1.54) is 50.9 Å². The van der Waals surface area contributed by atoms with E-state index in [-0.39, 0.29) is 0 Å². The zero-order valence-corrected chi connectivity index (χ0v) is 14.1. The molecule has 0 fully saturated rings. The van der Waals surface area contributed by atoms with E-state index in [9.17, 15) is 0 Å². The van der Waals surface area contributed by atoms with Gasteiger partial charge < -0.3 is 10.2 Å². The number of benzene rings is 1. The monoisotopic (exact) mass is 288 g/mol. The van der Waals surface area contributed by atoms with Crippen LogP contribution in [0.3, 0.4) is 0 Å². The summed E-state index contributed by atoms with van der Waals surface area (Å²) in [5.41, 5.74) is 3.42. The molecule has 0 atom stereocenters. The molecule has 2 rings (SSSR count). The first-order valence-corrected chi connectivity index (χ1v) is 8.78. The molecule has 0 amide bonds. The largest absolute Gasteiger partial charge is 0.371 e. The summed E-state index contributed by atoms with van der Waals surface area (Å²) in [7, 11) is 0. The maximum absolute atomic E-state index is 3.59. The fraction of sp³-hybridized carbons (Fsp3) is 0.684. The smallest absolute Gasteiger partial charge is 0.0398 e. The maximum atomic E-state index is 3.59. The first-order valence-electron chi connectivity index (χ1n) is 8.78. The molecule has 2 nitrogen and oxygen atoms in total. The van der Waals surface area contributed by atoms with Gasteiger partial charge in [-0.05, 0) is 55.7 Å². The lowest BCUT2D eigenvalue weighted by Crippen LogP contribution is -2.44. The van der Waals surface area contributed by atoms with E-state index in [0.717, 1.165) is 13.1 Å². The Bertz CT molecular complexity index is 423. The number of nitrogens with zero attached hydrogens (tertiary/aromatic N) is 1. The highest BCUT2D eigenvalue weighted by Gasteiger charge is 2.29. The average molecular weight is 288 g/mol. The van der Waals surface area contributed by atoms with Crippen molar-refractivity contribution in [1.82, 2.24) is 5.32 Å². The number of hydrogen-bond acceptors (Lipinski definition) is 2. The van der Waals surface area contributed by atoms with Crippen molar-refractivity contribution in [2.75, 3.05) is 31.1 Å². The molecule has 0 spiro atoms. The summed E-state index contributed by atoms with van der Waals surface area (Å²) in [5, 5.41) is 3.59. The van der Waals surface area contributed by atoms with Crippen LogP contribution in [0.4, 0.5) is 5.69 Å². The van der Waals surface area contributed by atoms with E-state index >= 15 is 0 Å². The van der Waals surface area contributed by atoms with E-state index in [1.54, 1.807) is 5.56 Å². The van der Waals surface area contributed by atoms with Gasteiger partial charge in [0.05, 0.1) is 0 Å². The Morgan fingerprint density at radius 1 is 1.10 bits per heavy atom. The zero-order valence-electron chi connectivity index (χ0n) is 14.1. The third-order valence-electron chi connectivity index (χ3n) is 5.23. The third-order valence-corrected chi connectivity index (χ3v) is 5.23. The second kappa shape index (κ2) is 7.84. The topological polar surface area (TPSA) is 15.3 Å². The molecule has 0 aromatic heterocycles. The van der Waals surface area contributed by atoms with Gasteiger partial charge in [0.15, 0.2) is 0 Å². The van der Waals surface area contributed by atoms with E-state index in [4.69, 9.17) is 0 Å². The van der Waals surface area contributed by atoms with E-state index in [0.29, 0.717) is 5.41 Å². The van der Waals surface area contributed by atoms with Gasteiger partial charge in [0.2, 0.25) is 0 Å². The predicted molar refractivity (Wildman–Crippen MR) is 93.2 cm³/mol. The Balaban J connectivity index is 2.19. The van der Waals surface area contributed by atoms with Crippen molar-refractivity contribution in [2.45, 2.75) is 52.9 Å². The van der Waals surface area contributed by atoms with Crippen LogP contribution < -0.4 is 10.2 Å². The lowest BCUT2D eigenvalue weighted by Gasteiger charge is -2.39. The van der Waals surface area contributed by atoms with Crippen molar-refractivity contribution in [3.05, 3.63) is 29.8 Å². The first-order chi connectivity index (χ1) is 10.2. The Morgan fingerprint density at radius 3 is 2.57 bits per heavy atom. The Hall–Kier alpha value is -1.02. The molecule has 1 aromatic rings. The van der Waals surface area contributed by atoms with Crippen LogP contribution in [0.25, 0.3) is 0 Å². The molecule has 0 saturated heterocycles. The minimum absolute atomic E-state index is 0.396. The second-order valence-corrected chi connectivity index (χ2v) is 6.49. The van der Waals surface area contributed by atoms with Crippen LogP contribution in [0.1, 0.15) is 52.0 Å². The van der Waals surface area contributed by atoms with Gasteiger partial charge in [0.25, 0.3) is 0 Å². The molecule has 0 aliphatic carbocycles. The summed E-state index contributed by atoms with van der Waals surface area (Å²) in [4.78, 5) is 2.66. The van der Waals surface area contributed by atoms with Gasteiger partial charge >= 0.3 is 0 Å². The maximum Gasteiger partial charge on any atom is 0.0398 e. The highest BCUT2D eigenvalue weighted by Crippen LogP contribution is 2.33. The summed E-state index contributed by atoms with van der Waals surface area (Å²) in [5.74, 6) is 0. The van der Waals surface area contributed by atoms with Gasteiger partial charge in [0, 0.05) is 25.3 Å². The van der Waals surface area contributed by atoms with Crippen molar-refractivity contribution >= 4 is 5.69 Å². The summed E-state index contributed by atoms with van der Waals surface area (Å²) in [6.07, 6.45) is 6.38. The van der Waals surface area contributed by atoms with Crippen LogP contribution in [-0.2, 0) is 6.42 Å². The summed E-state index contributed by atoms with van der Waals surface area (Å²) in [6, 6.07) is 9.02. The molecule has 1 aliphatic rings. The molecule has 1 aromatic carbocycles. The average Bonchev–Trinajstić information content (AvgIpc) is 2.74. The standard InChI is InChI=1S/C19H32N2/c1-4-19(5-2,15-20-6-3)16-21-14-10-9-12-17-11-7-8-13-18(17)21/h7-8,11,13,20H,4-6,9-10,12,14-16H2,1-3H3. The van der Waals surface area contributed by atoms with E-state index in [1.807, 2.05) is 0 Å². The highest BCUT2D eigenvalue weighted by atomic mass is 15.1. The first kappa shape index (κ1) is 16.4. The number of hydrogen-bond donors (Lipinski definition) is 1. The van der Waals surface area contributed by atoms with Crippen LogP contribution >= 0.6 is 0 Å². The summed E-state index contributed by atoms with van der Waals surface area (Å²) < 4.78 is 0. The Labute approximate surface area is 130 Å². The van der Waals surface area contributed by atoms with Gasteiger partial charge in [-0.15, -0.1) is 0 Å². The highest BCUT2D eigenvalue weighted by molar-refractivity contribution is 5.54. The van der Waals surface area contributed by atoms with Gasteiger partial charge in [-0.1, -0.05) is 39.0 Å². The third kappa shape index (κ3) is 4.00. The normalized spacial score (nSPS) is 15.7. The minimum atomic E-state index is 0.396. The van der Waals surface area contributed by atoms with Gasteiger partial charge in [-0.3, -0.25) is 0 Å². The van der Waals surface area contributed by atoms with Crippen LogP contribution in [0.5, 0.6) is 0 Å². The molecule has 0 unspecified atom stereocenters. The lowest BCUT2D eigenvalue weighted by molar-refractivity contribution is 0.254. The molecule has 2 heteroatoms. The summed E-state index contributed by atoms with van der Waals surface area (Å²) >= 11 is 0. The molecule has 118 valence electrons. The molecule has 21 heavy (non-hydrogen) atoms. The quantitative estimate of drug-likeness (QED) is 0.807. The van der Waals surface area contributed by atoms with Gasteiger partial charge in [-0.2, -0.15) is 0 Å². The van der Waals surface area contributed by atoms with Crippen molar-refractivity contribution in [1.29, 1.82) is 0 Å². The Kier molecular flexibility index (Phi) is 6.10. The zero-order chi connectivity index (χ0) is 15.1. The van der Waals surface area contributed by atoms with Crippen LogP contribution in [0, 0.1) is 5.41 Å². The van der Waals surface area contributed by atoms with Gasteiger partial charge in [-0.25, -0.2) is 0 Å². The second-order valence-electron chi connectivity index (χ2n) is 6.49. The fourth-order valence-electron chi connectivity index (χ4n) is 3.51. The van der Waals surface area contributed by atoms with Crippen LogP contribution in [0.2, 0.25) is 0 Å². The fourth-order valence-corrected chi connectivity index (χ4v) is 3.51. The molecule has 0 radical (unpaired) electrons. The molecular formula is C19H32N2. The van der Waals surface area contributed by atoms with E-state index in [2.05, 4.69) is 55.3 Å². The number of fused-ring (bicyclic) bond motifs is 1. The minimum Gasteiger partial charge on any atom is -0.371 e. The van der Waals surface area contributed by atoms with Crippen molar-refractivity contribution in [2.24, 2.45) is 5.41 Å². The molecular weight excluding hydrogens is 256 g/mol.